The summed E-state index contributed by atoms with van der Waals surface area (Å²) in [6.07, 6.45) is 7.82. The Bertz CT molecular complexity index is 630. The van der Waals surface area contributed by atoms with Crippen molar-refractivity contribution in [3.63, 3.8) is 0 Å². The summed E-state index contributed by atoms with van der Waals surface area (Å²) in [5.41, 5.74) is 0.595. The van der Waals surface area contributed by atoms with Crippen molar-refractivity contribution < 1.29 is 32.6 Å². The lowest BCUT2D eigenvalue weighted by molar-refractivity contribution is -0.140. The molecule has 0 fully saturated rings. The Morgan fingerprint density at radius 1 is 1.25 bits per heavy atom. The number of allylic oxidation sites excluding steroid dienone is 6. The molecule has 0 bridgehead atoms. The van der Waals surface area contributed by atoms with Crippen LogP contribution in [0.5, 0.6) is 0 Å². The van der Waals surface area contributed by atoms with Gasteiger partial charge in [-0.05, 0) is 38.2 Å². The van der Waals surface area contributed by atoms with Crippen LogP contribution in [0.3, 0.4) is 0 Å². The molecule has 0 aromatic carbocycles. The number of esters is 1. The second-order valence-electron chi connectivity index (χ2n) is 6.58. The van der Waals surface area contributed by atoms with Crippen LogP contribution in [-0.2, 0) is 14.3 Å². The summed E-state index contributed by atoms with van der Waals surface area (Å²) >= 11 is 0. The van der Waals surface area contributed by atoms with Gasteiger partial charge in [0.2, 0.25) is 0 Å². The van der Waals surface area contributed by atoms with Crippen LogP contribution in [0.2, 0.25) is 0 Å². The summed E-state index contributed by atoms with van der Waals surface area (Å²) in [4.78, 5) is 23.0. The second-order valence-corrected chi connectivity index (χ2v) is 6.58. The monoisotopic (exact) mass is 400 g/mol. The molecule has 2 atom stereocenters. The van der Waals surface area contributed by atoms with Crippen molar-refractivity contribution in [3.8, 4) is 0 Å². The Morgan fingerprint density at radius 3 is 2.68 bits per heavy atom. The zero-order valence-corrected chi connectivity index (χ0v) is 16.0. The maximum atomic E-state index is 12.0. The number of carbonyl (C=O) groups excluding carboxylic acids is 2. The van der Waals surface area contributed by atoms with Gasteiger partial charge in [0.15, 0.2) is 5.78 Å². The number of aliphatic hydroxyl groups is 1. The van der Waals surface area contributed by atoms with Crippen LogP contribution < -0.4 is 0 Å². The zero-order valence-electron chi connectivity index (χ0n) is 16.0. The Morgan fingerprint density at radius 2 is 2.00 bits per heavy atom. The summed E-state index contributed by atoms with van der Waals surface area (Å²) in [5.74, 6) is -0.420. The molecule has 1 N–H and O–H groups in total. The molecule has 7 heteroatoms. The van der Waals surface area contributed by atoms with Crippen LogP contribution in [0, 0.1) is 5.92 Å². The molecule has 0 saturated carbocycles. The molecule has 0 aromatic rings. The van der Waals surface area contributed by atoms with Gasteiger partial charge in [-0.1, -0.05) is 36.5 Å². The van der Waals surface area contributed by atoms with Gasteiger partial charge >= 0.3 is 12.1 Å². The number of carbonyl (C=O) groups is 2. The number of alkyl halides is 3. The summed E-state index contributed by atoms with van der Waals surface area (Å²) in [5, 5.41) is 9.89. The fourth-order valence-electron chi connectivity index (χ4n) is 2.70. The third-order valence-corrected chi connectivity index (χ3v) is 4.23. The average Bonchev–Trinajstić information content (AvgIpc) is 2.98. The highest BCUT2D eigenvalue weighted by Gasteiger charge is 2.24. The Balaban J connectivity index is 2.41. The molecule has 2 unspecified atom stereocenters. The first-order chi connectivity index (χ1) is 13.2. The van der Waals surface area contributed by atoms with E-state index < -0.39 is 18.7 Å². The molecule has 0 aliphatic heterocycles. The van der Waals surface area contributed by atoms with Gasteiger partial charge in [-0.15, -0.1) is 0 Å². The van der Waals surface area contributed by atoms with Gasteiger partial charge in [-0.25, -0.2) is 0 Å². The zero-order chi connectivity index (χ0) is 21.0. The van der Waals surface area contributed by atoms with Crippen molar-refractivity contribution >= 4 is 11.8 Å². The van der Waals surface area contributed by atoms with Crippen molar-refractivity contribution in [2.24, 2.45) is 5.92 Å². The summed E-state index contributed by atoms with van der Waals surface area (Å²) < 4.78 is 40.7. The number of hydrogen-bond donors (Lipinski definition) is 1. The minimum absolute atomic E-state index is 0.0719. The fourth-order valence-corrected chi connectivity index (χ4v) is 2.70. The number of methoxy groups -OCH3 is 1. The van der Waals surface area contributed by atoms with E-state index in [1.165, 1.54) is 19.3 Å². The lowest BCUT2D eigenvalue weighted by Gasteiger charge is -2.10. The molecule has 1 aliphatic carbocycles. The summed E-state index contributed by atoms with van der Waals surface area (Å²) in [6, 6.07) is 0. The van der Waals surface area contributed by atoms with Crippen LogP contribution in [-0.4, -0.2) is 36.2 Å². The lowest BCUT2D eigenvalue weighted by atomic mass is 9.96. The minimum Gasteiger partial charge on any atom is -0.469 e. The molecular weight excluding hydrogens is 373 g/mol. The van der Waals surface area contributed by atoms with Gasteiger partial charge in [-0.2, -0.15) is 13.2 Å². The normalized spacial score (nSPS) is 20.0. The van der Waals surface area contributed by atoms with Crippen molar-refractivity contribution in [3.05, 3.63) is 48.1 Å². The molecule has 0 heterocycles. The predicted molar refractivity (Wildman–Crippen MR) is 100 cm³/mol. The van der Waals surface area contributed by atoms with Crippen molar-refractivity contribution in [1.29, 1.82) is 0 Å². The van der Waals surface area contributed by atoms with E-state index in [0.717, 1.165) is 12.5 Å². The first-order valence-electron chi connectivity index (χ1n) is 9.27. The number of hydrogen-bond acceptors (Lipinski definition) is 4. The lowest BCUT2D eigenvalue weighted by Crippen LogP contribution is -2.08. The maximum absolute atomic E-state index is 12.0. The molecular formula is C21H27F3O4. The van der Waals surface area contributed by atoms with Crippen molar-refractivity contribution in [2.45, 2.75) is 57.2 Å². The smallest absolute Gasteiger partial charge is 0.392 e. The molecule has 28 heavy (non-hydrogen) atoms. The number of rotatable bonds is 11. The summed E-state index contributed by atoms with van der Waals surface area (Å²) in [6.45, 7) is 0. The van der Waals surface area contributed by atoms with Crippen LogP contribution in [0.25, 0.3) is 0 Å². The Kier molecular flexibility index (Phi) is 10.5. The quantitative estimate of drug-likeness (QED) is 0.238. The molecule has 0 aromatic heterocycles. The number of halogens is 3. The van der Waals surface area contributed by atoms with E-state index in [0.29, 0.717) is 24.8 Å². The highest BCUT2D eigenvalue weighted by atomic mass is 19.4. The molecule has 1 rings (SSSR count). The SMILES string of the molecule is COC(=O)CCC/C=C\CC1C=CC(=O)/C1=C/CC(O)C/C=C\CC(F)(F)F. The average molecular weight is 400 g/mol. The maximum Gasteiger partial charge on any atom is 0.392 e. The van der Waals surface area contributed by atoms with Gasteiger partial charge in [0.1, 0.15) is 0 Å². The van der Waals surface area contributed by atoms with Gasteiger partial charge in [0.25, 0.3) is 0 Å². The molecule has 4 nitrogen and oxygen atoms in total. The van der Waals surface area contributed by atoms with Crippen molar-refractivity contribution in [2.75, 3.05) is 7.11 Å². The first-order valence-corrected chi connectivity index (χ1v) is 9.27. The Labute approximate surface area is 163 Å². The highest BCUT2D eigenvalue weighted by Crippen LogP contribution is 2.26. The van der Waals surface area contributed by atoms with E-state index in [1.807, 2.05) is 18.2 Å². The van der Waals surface area contributed by atoms with E-state index in [9.17, 15) is 27.9 Å². The molecule has 1 aliphatic rings. The van der Waals surface area contributed by atoms with Gasteiger partial charge in [0, 0.05) is 17.9 Å². The van der Waals surface area contributed by atoms with Crippen molar-refractivity contribution in [1.82, 2.24) is 0 Å². The number of aliphatic hydroxyl groups excluding tert-OH is 1. The van der Waals surface area contributed by atoms with Crippen LogP contribution in [0.4, 0.5) is 13.2 Å². The standard InChI is InChI=1S/C21H27F3O4/c1-28-20(27)10-5-3-2-4-8-16-11-14-19(26)18(16)13-12-17(25)9-6-7-15-21(22,23)24/h2,4,6-7,11,13-14,16-17,25H,3,5,8-10,12,15H2,1H3/b4-2-,7-6-,18-13+. The molecule has 0 radical (unpaired) electrons. The van der Waals surface area contributed by atoms with Crippen LogP contribution in [0.1, 0.15) is 44.9 Å². The molecule has 0 amide bonds. The third kappa shape index (κ3) is 10.3. The number of ketones is 1. The topological polar surface area (TPSA) is 63.6 Å². The molecule has 0 spiro atoms. The van der Waals surface area contributed by atoms with E-state index >= 15 is 0 Å². The molecule has 0 saturated heterocycles. The van der Waals surface area contributed by atoms with Gasteiger partial charge in [0.05, 0.1) is 19.6 Å². The van der Waals surface area contributed by atoms with Crippen LogP contribution >= 0.6 is 0 Å². The van der Waals surface area contributed by atoms with E-state index in [1.54, 1.807) is 6.08 Å². The van der Waals surface area contributed by atoms with E-state index in [2.05, 4.69) is 4.74 Å². The highest BCUT2D eigenvalue weighted by molar-refractivity contribution is 6.07. The third-order valence-electron chi connectivity index (χ3n) is 4.23. The number of ether oxygens (including phenoxy) is 1. The minimum atomic E-state index is -4.24. The first kappa shape index (κ1) is 23.9. The fraction of sp³-hybridized carbons (Fsp3) is 0.524. The van der Waals surface area contributed by atoms with E-state index in [4.69, 9.17) is 0 Å². The number of unbranched alkanes of at least 4 members (excludes halogenated alkanes) is 1. The van der Waals surface area contributed by atoms with E-state index in [-0.39, 0.29) is 30.5 Å². The van der Waals surface area contributed by atoms with Gasteiger partial charge < -0.3 is 9.84 Å². The molecule has 156 valence electrons. The predicted octanol–water partition coefficient (Wildman–Crippen LogP) is 4.61. The largest absolute Gasteiger partial charge is 0.469 e. The summed E-state index contributed by atoms with van der Waals surface area (Å²) in [7, 11) is 1.35. The van der Waals surface area contributed by atoms with Crippen LogP contribution in [0.15, 0.2) is 48.1 Å². The van der Waals surface area contributed by atoms with Gasteiger partial charge in [-0.3, -0.25) is 9.59 Å². The second kappa shape index (κ2) is 12.3. The Hall–Kier alpha value is -2.15.